The van der Waals surface area contributed by atoms with Crippen LogP contribution in [0.25, 0.3) is 164 Å². The molecule has 24 rings (SSSR count). The molecule has 0 spiro atoms. The molecule has 0 atom stereocenters. The Kier molecular flexibility index (Phi) is 31.4. The Balaban J connectivity index is 0.000000116. The van der Waals surface area contributed by atoms with E-state index in [4.69, 9.17) is 43.5 Å². The van der Waals surface area contributed by atoms with Crippen LogP contribution in [0.15, 0.2) is 312 Å². The number of rotatable bonds is 25. The monoisotopic (exact) mass is 2100 g/mol. The second-order valence-corrected chi connectivity index (χ2v) is 35.3. The maximum Gasteiger partial charge on any atom is 0.433 e. The Morgan fingerprint density at radius 2 is 0.671 bits per heavy atom. The molecular weight excluding hydrogens is 2030 g/mol. The van der Waals surface area contributed by atoms with Crippen LogP contribution in [-0.2, 0) is 46.2 Å². The van der Waals surface area contributed by atoms with Gasteiger partial charge in [-0.15, -0.1) is 11.3 Å². The molecule has 0 aliphatic heterocycles. The first-order chi connectivity index (χ1) is 73.1. The van der Waals surface area contributed by atoms with Gasteiger partial charge in [0.05, 0.1) is 73.6 Å². The first kappa shape index (κ1) is 99.8. The van der Waals surface area contributed by atoms with E-state index in [-0.39, 0.29) is 52.8 Å². The molecule has 0 bridgehead atoms. The Labute approximate surface area is 862 Å². The molecule has 0 saturated heterocycles. The van der Waals surface area contributed by atoms with E-state index < -0.39 is 11.9 Å². The van der Waals surface area contributed by atoms with E-state index in [9.17, 15) is 42.4 Å². The van der Waals surface area contributed by atoms with Crippen LogP contribution in [0.3, 0.4) is 0 Å². The summed E-state index contributed by atoms with van der Waals surface area (Å²) in [5.74, 6) is 1.54. The van der Waals surface area contributed by atoms with Crippen LogP contribution in [0.2, 0.25) is 0 Å². The summed E-state index contributed by atoms with van der Waals surface area (Å²) in [6.45, 7) is 6.15. The summed E-state index contributed by atoms with van der Waals surface area (Å²) in [5, 5.41) is 56.0. The molecule has 149 heavy (non-hydrogen) atoms. The highest BCUT2D eigenvalue weighted by Gasteiger charge is 2.34. The predicted molar refractivity (Wildman–Crippen MR) is 551 cm³/mol. The van der Waals surface area contributed by atoms with Gasteiger partial charge >= 0.3 is 12.3 Å². The van der Waals surface area contributed by atoms with Crippen LogP contribution in [0.1, 0.15) is 30.8 Å². The Hall–Kier alpha value is -19.3. The van der Waals surface area contributed by atoms with Crippen LogP contribution < -0.4 is 28.4 Å². The molecule has 0 unspecified atom stereocenters. The average molecular weight is 2100 g/mol. The average Bonchev–Trinajstić information content (AvgIpc) is 1.66. The number of carbonyl (C=O) groups is 5. The molecule has 0 N–H and O–H groups in total. The predicted octanol–water partition coefficient (Wildman–Crippen LogP) is 20.8. The number of thiazole rings is 6. The highest BCUT2D eigenvalue weighted by atomic mass is 32.1. The number of fused-ring (bicyclic) bond motifs is 6. The van der Waals surface area contributed by atoms with Gasteiger partial charge in [0.15, 0.2) is 16.9 Å². The lowest BCUT2D eigenvalue weighted by atomic mass is 10.1. The van der Waals surface area contributed by atoms with Crippen molar-refractivity contribution in [2.24, 2.45) is 0 Å². The molecule has 46 heteroatoms. The van der Waals surface area contributed by atoms with Crippen molar-refractivity contribution in [3.8, 4) is 140 Å². The van der Waals surface area contributed by atoms with Crippen LogP contribution >= 0.6 is 68.0 Å². The fourth-order valence-electron chi connectivity index (χ4n) is 14.9. The lowest BCUT2D eigenvalue weighted by Gasteiger charge is -2.05. The zero-order valence-corrected chi connectivity index (χ0v) is 81.8. The summed E-state index contributed by atoms with van der Waals surface area (Å²) in [6.07, 6.45) is 5.25. The number of aryl methyl sites for hydroxylation is 1. The van der Waals surface area contributed by atoms with Gasteiger partial charge in [-0.1, -0.05) is 246 Å². The van der Waals surface area contributed by atoms with E-state index >= 15 is 0 Å². The topological polar surface area (TPSA) is 447 Å². The lowest BCUT2D eigenvalue weighted by molar-refractivity contribution is -0.192. The SMILES string of the molecule is CCOc1ccc2c(-c3ccccc3)nn(-c3nc(OC=O)cs3)c2n1.CCc1csc(-n2nc(-c3ccccc3)c3ccc(C#N)cc32)n1.O=C=O.O=COc1csc(-n2nc(-c3ccccc3)c3ccc(C(F)(F)F)nc32)n1.O=COc1csc(-n2nc(-c3ccccc3)c3cccnc32)n1.O=COc1csc(-n2nc(-c3ccccc3)c3ccncc32)n1.O=COc1csc(-n2nc(-c3ccccc3)c3cnccc32)n1. The first-order valence-corrected chi connectivity index (χ1v) is 49.4. The molecular formula is C103H67F3N24O13S6. The molecule has 0 amide bonds. The van der Waals surface area contributed by atoms with Gasteiger partial charge in [-0.3, -0.25) is 33.9 Å². The van der Waals surface area contributed by atoms with Gasteiger partial charge in [-0.2, -0.15) is 103 Å². The van der Waals surface area contributed by atoms with Crippen molar-refractivity contribution in [1.29, 1.82) is 5.26 Å². The number of benzene rings is 7. The van der Waals surface area contributed by atoms with Crippen LogP contribution in [0.4, 0.5) is 13.2 Å². The van der Waals surface area contributed by atoms with Crippen LogP contribution in [-0.4, -0.2) is 159 Å². The van der Waals surface area contributed by atoms with Gasteiger partial charge in [0, 0.05) is 102 Å². The number of hydrogen-bond acceptors (Lipinski definition) is 37. The van der Waals surface area contributed by atoms with Crippen molar-refractivity contribution < 1.29 is 75.2 Å². The third-order valence-electron chi connectivity index (χ3n) is 21.3. The van der Waals surface area contributed by atoms with E-state index in [1.54, 1.807) is 107 Å². The Morgan fingerprint density at radius 1 is 0.329 bits per heavy atom. The highest BCUT2D eigenvalue weighted by molar-refractivity contribution is 7.13. The van der Waals surface area contributed by atoms with E-state index in [0.29, 0.717) is 86.8 Å². The van der Waals surface area contributed by atoms with Crippen molar-refractivity contribution >= 4 is 172 Å². The summed E-state index contributed by atoms with van der Waals surface area (Å²) < 4.78 is 78.5. The van der Waals surface area contributed by atoms with Gasteiger partial charge in [0.2, 0.25) is 66.1 Å². The third-order valence-corrected chi connectivity index (χ3v) is 26.1. The van der Waals surface area contributed by atoms with Gasteiger partial charge in [0.1, 0.15) is 39.9 Å². The number of alkyl halides is 3. The van der Waals surface area contributed by atoms with E-state index in [2.05, 4.69) is 98.3 Å². The molecule has 24 aromatic rings. The van der Waals surface area contributed by atoms with Crippen molar-refractivity contribution in [1.82, 2.24) is 114 Å². The van der Waals surface area contributed by atoms with E-state index in [1.165, 1.54) is 61.5 Å². The maximum absolute atomic E-state index is 13.1. The second kappa shape index (κ2) is 46.8. The van der Waals surface area contributed by atoms with E-state index in [1.807, 2.05) is 224 Å². The molecule has 17 heterocycles. The number of halogens is 3. The van der Waals surface area contributed by atoms with Gasteiger partial charge < -0.3 is 28.4 Å². The zero-order valence-electron chi connectivity index (χ0n) is 76.9. The molecule has 0 aliphatic carbocycles. The Bertz CT molecular complexity index is 8530. The molecule has 0 fully saturated rings. The van der Waals surface area contributed by atoms with Crippen LogP contribution in [0, 0.1) is 11.3 Å². The number of ether oxygens (including phenoxy) is 6. The second-order valence-electron chi connectivity index (χ2n) is 30.3. The number of carbonyl (C=O) groups excluding carboxylic acids is 7. The van der Waals surface area contributed by atoms with E-state index in [0.717, 1.165) is 140 Å². The fourth-order valence-corrected chi connectivity index (χ4v) is 19.2. The van der Waals surface area contributed by atoms with Crippen molar-refractivity contribution in [3.63, 3.8) is 0 Å². The molecule has 0 aliphatic rings. The molecule has 0 radical (unpaired) electrons. The zero-order chi connectivity index (χ0) is 103. The van der Waals surface area contributed by atoms with Gasteiger partial charge in [-0.05, 0) is 74.0 Å². The largest absolute Gasteiger partial charge is 0.478 e. The minimum absolute atomic E-state index is 0.00989. The summed E-state index contributed by atoms with van der Waals surface area (Å²) in [7, 11) is 0. The van der Waals surface area contributed by atoms with Gasteiger partial charge in [0.25, 0.3) is 32.4 Å². The maximum atomic E-state index is 13.1. The number of nitriles is 1. The Morgan fingerprint density at radius 3 is 1.08 bits per heavy atom. The number of hydrogen-bond donors (Lipinski definition) is 0. The standard InChI is InChI=1S/C19H14N4S.C18H14N4O3S.C17H9F3N4O2S.3C16H10N4O2S.CO2/c1-2-15-12-24-19(21-15)23-17-10-13(11-20)8-9-16(17)18(22-23)14-6-4-3-5-7-14;1-2-24-14-9-8-13-16(12-6-4-3-5-7-12)21-22(17(13)19-14)18-20-15(10-26-18)25-11-23;18-17(19,20)12-7-6-11-14(10-4-2-1-3-5-10)23-24(15(11)21-12)16-22-13(8-27-16)26-9-25;21-10-22-13-9-23-16(18-13)20-15-12(7-4-8-17-15)14(19-20)11-5-2-1-3-6-11;21-10-22-14-9-23-16(18-14)20-13-6-7-17-8-12(13)15(19-20)11-4-2-1-3-5-11;21-10-22-14-9-23-16(18-14)20-13-8-17-7-6-12(13)15(19-20)11-4-2-1-3-5-11;2-1-3/h3-10,12H,2H2,1H3;3-11H,2H2,1H3;1-9H;3*1-10H;. The quantitative estimate of drug-likeness (QED) is 0.0480. The summed E-state index contributed by atoms with van der Waals surface area (Å²) in [4.78, 5) is 115. The molecule has 734 valence electrons. The highest BCUT2D eigenvalue weighted by Crippen LogP contribution is 2.41. The summed E-state index contributed by atoms with van der Waals surface area (Å²) in [5.41, 5.74) is 15.1. The normalized spacial score (nSPS) is 10.8. The number of aromatic nitrogens is 23. The number of nitrogens with zero attached hydrogens (tertiary/aromatic N) is 24. The minimum Gasteiger partial charge on any atom is -0.478 e. The molecule has 0 saturated carbocycles. The number of pyridine rings is 5. The molecule has 7 aromatic carbocycles. The lowest BCUT2D eigenvalue weighted by Crippen LogP contribution is -2.08. The summed E-state index contributed by atoms with van der Waals surface area (Å²) in [6, 6.07) is 80.3. The summed E-state index contributed by atoms with van der Waals surface area (Å²) >= 11 is 7.97. The van der Waals surface area contributed by atoms with Crippen LogP contribution in [0.5, 0.6) is 35.3 Å². The molecule has 37 nitrogen and oxygen atoms in total. The third kappa shape index (κ3) is 22.5. The fraction of sp³-hybridized carbons (Fsp3) is 0.0485. The smallest absolute Gasteiger partial charge is 0.433 e. The van der Waals surface area contributed by atoms with Crippen molar-refractivity contribution in [2.75, 3.05) is 6.61 Å². The van der Waals surface area contributed by atoms with Crippen molar-refractivity contribution in [3.05, 3.63) is 329 Å². The van der Waals surface area contributed by atoms with Crippen molar-refractivity contribution in [2.45, 2.75) is 26.4 Å². The molecule has 17 aromatic heterocycles. The first-order valence-electron chi connectivity index (χ1n) is 44.1. The van der Waals surface area contributed by atoms with Gasteiger partial charge in [-0.25, -0.2) is 29.0 Å². The minimum atomic E-state index is -4.59.